The molecule has 110 valence electrons. The van der Waals surface area contributed by atoms with E-state index < -0.39 is 5.97 Å². The Morgan fingerprint density at radius 2 is 1.59 bits per heavy atom. The van der Waals surface area contributed by atoms with E-state index in [2.05, 4.69) is 6.58 Å². The molecule has 22 heavy (non-hydrogen) atoms. The fourth-order valence-corrected chi connectivity index (χ4v) is 1.92. The summed E-state index contributed by atoms with van der Waals surface area (Å²) >= 11 is 0. The van der Waals surface area contributed by atoms with Crippen LogP contribution in [0.1, 0.15) is 18.1 Å². The van der Waals surface area contributed by atoms with Gasteiger partial charge in [-0.1, -0.05) is 67.2 Å². The second kappa shape index (κ2) is 7.79. The zero-order valence-corrected chi connectivity index (χ0v) is 12.5. The Kier molecular flexibility index (Phi) is 5.50. The standard InChI is InChI=1S/C20H18O2/c1-16(19-11-7-4-8-12-19)15-17(2)20(21)22-14-13-18-9-5-3-6-10-18/h3-15H,2H2,1H3. The van der Waals surface area contributed by atoms with Crippen LogP contribution in [-0.2, 0) is 9.53 Å². The third-order valence-electron chi connectivity index (χ3n) is 3.12. The summed E-state index contributed by atoms with van der Waals surface area (Å²) in [6.07, 6.45) is 4.85. The van der Waals surface area contributed by atoms with Crippen molar-refractivity contribution in [3.05, 3.63) is 96.3 Å². The molecule has 0 atom stereocenters. The fourth-order valence-electron chi connectivity index (χ4n) is 1.92. The molecule has 0 unspecified atom stereocenters. The lowest BCUT2D eigenvalue weighted by atomic mass is 10.1. The predicted molar refractivity (Wildman–Crippen MR) is 90.8 cm³/mol. The first-order valence-corrected chi connectivity index (χ1v) is 7.02. The molecule has 0 aliphatic rings. The van der Waals surface area contributed by atoms with E-state index in [1.807, 2.05) is 67.6 Å². The van der Waals surface area contributed by atoms with Gasteiger partial charge in [0.1, 0.15) is 0 Å². The summed E-state index contributed by atoms with van der Waals surface area (Å²) in [5, 5.41) is 0. The zero-order valence-electron chi connectivity index (χ0n) is 12.5. The summed E-state index contributed by atoms with van der Waals surface area (Å²) in [7, 11) is 0. The Morgan fingerprint density at radius 3 is 2.23 bits per heavy atom. The Balaban J connectivity index is 1.95. The monoisotopic (exact) mass is 290 g/mol. The number of hydrogen-bond donors (Lipinski definition) is 0. The molecular formula is C20H18O2. The average Bonchev–Trinajstić information content (AvgIpc) is 2.56. The first-order chi connectivity index (χ1) is 10.7. The molecule has 2 nitrogen and oxygen atoms in total. The van der Waals surface area contributed by atoms with E-state index in [1.54, 1.807) is 12.2 Å². The van der Waals surface area contributed by atoms with Crippen molar-refractivity contribution in [3.63, 3.8) is 0 Å². The van der Waals surface area contributed by atoms with E-state index in [-0.39, 0.29) is 0 Å². The van der Waals surface area contributed by atoms with Crippen molar-refractivity contribution in [2.75, 3.05) is 0 Å². The van der Waals surface area contributed by atoms with E-state index in [4.69, 9.17) is 4.74 Å². The normalized spacial score (nSPS) is 11.4. The highest BCUT2D eigenvalue weighted by Crippen LogP contribution is 2.15. The van der Waals surface area contributed by atoms with Crippen LogP contribution in [0.5, 0.6) is 0 Å². The van der Waals surface area contributed by atoms with Crippen molar-refractivity contribution in [3.8, 4) is 0 Å². The van der Waals surface area contributed by atoms with Crippen LogP contribution >= 0.6 is 0 Å². The van der Waals surface area contributed by atoms with Gasteiger partial charge < -0.3 is 4.74 Å². The summed E-state index contributed by atoms with van der Waals surface area (Å²) in [6, 6.07) is 19.5. The lowest BCUT2D eigenvalue weighted by Crippen LogP contribution is -2.01. The SMILES string of the molecule is C=C(C=C(C)c1ccccc1)C(=O)OC=Cc1ccccc1. The summed E-state index contributed by atoms with van der Waals surface area (Å²) in [6.45, 7) is 5.70. The third kappa shape index (κ3) is 4.60. The lowest BCUT2D eigenvalue weighted by molar-refractivity contribution is -0.133. The molecule has 0 saturated carbocycles. The van der Waals surface area contributed by atoms with Crippen LogP contribution in [0.3, 0.4) is 0 Å². The van der Waals surface area contributed by atoms with E-state index in [9.17, 15) is 4.79 Å². The van der Waals surface area contributed by atoms with Gasteiger partial charge in [-0.2, -0.15) is 0 Å². The minimum Gasteiger partial charge on any atom is -0.431 e. The maximum atomic E-state index is 11.9. The highest BCUT2D eigenvalue weighted by molar-refractivity contribution is 5.93. The molecule has 2 heteroatoms. The topological polar surface area (TPSA) is 26.3 Å². The number of carbonyl (C=O) groups is 1. The van der Waals surface area contributed by atoms with Gasteiger partial charge in [-0.25, -0.2) is 4.79 Å². The summed E-state index contributed by atoms with van der Waals surface area (Å²) in [5.74, 6) is -0.456. The van der Waals surface area contributed by atoms with E-state index >= 15 is 0 Å². The molecule has 0 bridgehead atoms. The van der Waals surface area contributed by atoms with Crippen LogP contribution in [0.15, 0.2) is 85.2 Å². The maximum absolute atomic E-state index is 11.9. The van der Waals surface area contributed by atoms with Gasteiger partial charge in [-0.05, 0) is 35.8 Å². The highest BCUT2D eigenvalue weighted by atomic mass is 16.5. The van der Waals surface area contributed by atoms with Crippen LogP contribution in [0.2, 0.25) is 0 Å². The van der Waals surface area contributed by atoms with Crippen LogP contribution in [0.4, 0.5) is 0 Å². The van der Waals surface area contributed by atoms with E-state index in [1.165, 1.54) is 6.26 Å². The van der Waals surface area contributed by atoms with Gasteiger partial charge in [0.05, 0.1) is 11.8 Å². The van der Waals surface area contributed by atoms with Crippen LogP contribution in [0, 0.1) is 0 Å². The molecule has 0 fully saturated rings. The average molecular weight is 290 g/mol. The largest absolute Gasteiger partial charge is 0.431 e. The second-order valence-electron chi connectivity index (χ2n) is 4.84. The first kappa shape index (κ1) is 15.5. The molecule has 2 aromatic carbocycles. The Morgan fingerprint density at radius 1 is 1.00 bits per heavy atom. The molecular weight excluding hydrogens is 272 g/mol. The number of hydrogen-bond acceptors (Lipinski definition) is 2. The zero-order chi connectivity index (χ0) is 15.8. The lowest BCUT2D eigenvalue weighted by Gasteiger charge is -2.03. The molecule has 0 aliphatic heterocycles. The third-order valence-corrected chi connectivity index (χ3v) is 3.12. The van der Waals surface area contributed by atoms with Crippen molar-refractivity contribution in [1.82, 2.24) is 0 Å². The molecule has 2 aromatic rings. The van der Waals surface area contributed by atoms with Gasteiger partial charge in [0, 0.05) is 0 Å². The first-order valence-electron chi connectivity index (χ1n) is 7.02. The number of allylic oxidation sites excluding steroid dienone is 1. The minimum absolute atomic E-state index is 0.319. The second-order valence-corrected chi connectivity index (χ2v) is 4.84. The van der Waals surface area contributed by atoms with Crippen molar-refractivity contribution in [2.24, 2.45) is 0 Å². The Labute approximate surface area is 131 Å². The van der Waals surface area contributed by atoms with Gasteiger partial charge in [-0.3, -0.25) is 0 Å². The smallest absolute Gasteiger partial charge is 0.342 e. The molecule has 2 rings (SSSR count). The molecule has 0 spiro atoms. The van der Waals surface area contributed by atoms with E-state index in [0.29, 0.717) is 5.57 Å². The van der Waals surface area contributed by atoms with Crippen LogP contribution < -0.4 is 0 Å². The summed E-state index contributed by atoms with van der Waals surface area (Å²) < 4.78 is 5.08. The molecule has 0 amide bonds. The number of carbonyl (C=O) groups excluding carboxylic acids is 1. The van der Waals surface area contributed by atoms with Crippen molar-refractivity contribution >= 4 is 17.6 Å². The van der Waals surface area contributed by atoms with Gasteiger partial charge >= 0.3 is 5.97 Å². The molecule has 0 radical (unpaired) electrons. The number of benzene rings is 2. The quantitative estimate of drug-likeness (QED) is 0.340. The minimum atomic E-state index is -0.456. The maximum Gasteiger partial charge on any atom is 0.342 e. The number of ether oxygens (including phenoxy) is 1. The summed E-state index contributed by atoms with van der Waals surface area (Å²) in [4.78, 5) is 11.9. The van der Waals surface area contributed by atoms with Gasteiger partial charge in [0.2, 0.25) is 0 Å². The van der Waals surface area contributed by atoms with E-state index in [0.717, 1.165) is 16.7 Å². The predicted octanol–water partition coefficient (Wildman–Crippen LogP) is 4.86. The Hall–Kier alpha value is -2.87. The molecule has 0 N–H and O–H groups in total. The van der Waals surface area contributed by atoms with Crippen molar-refractivity contribution in [1.29, 1.82) is 0 Å². The fraction of sp³-hybridized carbons (Fsp3) is 0.0500. The van der Waals surface area contributed by atoms with Crippen molar-refractivity contribution < 1.29 is 9.53 Å². The van der Waals surface area contributed by atoms with Gasteiger partial charge in [-0.15, -0.1) is 0 Å². The highest BCUT2D eigenvalue weighted by Gasteiger charge is 2.05. The number of rotatable bonds is 5. The van der Waals surface area contributed by atoms with Gasteiger partial charge in [0.15, 0.2) is 0 Å². The molecule has 0 heterocycles. The van der Waals surface area contributed by atoms with Crippen molar-refractivity contribution in [2.45, 2.75) is 6.92 Å². The molecule has 0 aliphatic carbocycles. The number of esters is 1. The Bertz CT molecular complexity index is 695. The van der Waals surface area contributed by atoms with Gasteiger partial charge in [0.25, 0.3) is 0 Å². The van der Waals surface area contributed by atoms with Crippen LogP contribution in [-0.4, -0.2) is 5.97 Å². The summed E-state index contributed by atoms with van der Waals surface area (Å²) in [5.41, 5.74) is 3.31. The molecule has 0 saturated heterocycles. The van der Waals surface area contributed by atoms with Crippen LogP contribution in [0.25, 0.3) is 11.6 Å². The molecule has 0 aromatic heterocycles.